The van der Waals surface area contributed by atoms with Crippen LogP contribution in [0.2, 0.25) is 0 Å². The summed E-state index contributed by atoms with van der Waals surface area (Å²) in [5.41, 5.74) is 2.26. The summed E-state index contributed by atoms with van der Waals surface area (Å²) >= 11 is 0. The number of nitrogens with one attached hydrogen (secondary N) is 2. The third-order valence-electron chi connectivity index (χ3n) is 5.42. The Labute approximate surface area is 174 Å². The highest BCUT2D eigenvalue weighted by molar-refractivity contribution is 5.95. The molecule has 9 nitrogen and oxygen atoms in total. The van der Waals surface area contributed by atoms with Gasteiger partial charge < -0.3 is 15.0 Å². The number of H-pyrrole nitrogens is 1. The maximum atomic E-state index is 5.43. The van der Waals surface area contributed by atoms with Crippen LogP contribution in [0.1, 0.15) is 0 Å². The molecule has 154 valence electrons. The van der Waals surface area contributed by atoms with Gasteiger partial charge >= 0.3 is 0 Å². The summed E-state index contributed by atoms with van der Waals surface area (Å²) in [6, 6.07) is 8.30. The van der Waals surface area contributed by atoms with Gasteiger partial charge in [0.2, 0.25) is 5.65 Å². The van der Waals surface area contributed by atoms with E-state index in [0.29, 0.717) is 5.65 Å². The van der Waals surface area contributed by atoms with Gasteiger partial charge in [-0.15, -0.1) is 0 Å². The normalized spacial score (nSPS) is 15.0. The molecule has 0 unspecified atom stereocenters. The first-order chi connectivity index (χ1) is 14.8. The number of benzene rings is 1. The number of rotatable bonds is 6. The van der Waals surface area contributed by atoms with Crippen molar-refractivity contribution < 1.29 is 4.74 Å². The molecule has 0 aliphatic carbocycles. The van der Waals surface area contributed by atoms with Crippen LogP contribution in [-0.2, 0) is 4.74 Å². The summed E-state index contributed by atoms with van der Waals surface area (Å²) in [7, 11) is 2.10. The molecule has 9 heteroatoms. The van der Waals surface area contributed by atoms with Crippen LogP contribution in [0.5, 0.6) is 0 Å². The van der Waals surface area contributed by atoms with E-state index in [1.807, 2.05) is 18.3 Å². The molecule has 5 rings (SSSR count). The second-order valence-electron chi connectivity index (χ2n) is 7.40. The minimum absolute atomic E-state index is 0.592. The number of hydrogen-bond donors (Lipinski definition) is 2. The highest BCUT2D eigenvalue weighted by Gasteiger charge is 2.14. The lowest BCUT2D eigenvalue weighted by molar-refractivity contribution is 0.0393. The van der Waals surface area contributed by atoms with Crippen LogP contribution in [0.15, 0.2) is 42.9 Å². The minimum Gasteiger partial charge on any atom is -0.379 e. The van der Waals surface area contributed by atoms with Gasteiger partial charge in [-0.2, -0.15) is 5.10 Å². The fourth-order valence-electron chi connectivity index (χ4n) is 3.75. The molecule has 1 aliphatic heterocycles. The Morgan fingerprint density at radius 3 is 2.87 bits per heavy atom. The topological polar surface area (TPSA) is 95.1 Å². The van der Waals surface area contributed by atoms with Gasteiger partial charge in [-0.05, 0) is 29.7 Å². The molecule has 0 amide bonds. The number of morpholine rings is 1. The van der Waals surface area contributed by atoms with Crippen molar-refractivity contribution in [3.8, 4) is 0 Å². The molecule has 4 heterocycles. The molecule has 1 aliphatic rings. The first-order valence-electron chi connectivity index (χ1n) is 10.1. The van der Waals surface area contributed by atoms with Crippen LogP contribution >= 0.6 is 0 Å². The van der Waals surface area contributed by atoms with Crippen molar-refractivity contribution in [1.82, 2.24) is 30.0 Å². The average molecular weight is 404 g/mol. The van der Waals surface area contributed by atoms with Gasteiger partial charge in [-0.25, -0.2) is 15.0 Å². The Hall–Kier alpha value is -3.30. The molecule has 0 saturated carbocycles. The predicted molar refractivity (Wildman–Crippen MR) is 117 cm³/mol. The molecular formula is C21H24N8O. The second kappa shape index (κ2) is 8.21. The largest absolute Gasteiger partial charge is 0.379 e. The van der Waals surface area contributed by atoms with Crippen molar-refractivity contribution in [2.45, 2.75) is 0 Å². The minimum atomic E-state index is 0.592. The average Bonchev–Trinajstić information content (AvgIpc) is 3.20. The van der Waals surface area contributed by atoms with Crippen molar-refractivity contribution in [3.05, 3.63) is 42.9 Å². The smallest absolute Gasteiger partial charge is 0.201 e. The summed E-state index contributed by atoms with van der Waals surface area (Å²) in [4.78, 5) is 17.9. The third kappa shape index (κ3) is 3.77. The van der Waals surface area contributed by atoms with E-state index in [-0.39, 0.29) is 0 Å². The van der Waals surface area contributed by atoms with Gasteiger partial charge in [0.1, 0.15) is 5.82 Å². The lowest BCUT2D eigenvalue weighted by Gasteiger charge is -2.29. The number of nitrogens with zero attached hydrogens (tertiary/aromatic N) is 6. The van der Waals surface area contributed by atoms with Crippen LogP contribution in [0.25, 0.3) is 21.9 Å². The standard InChI is InChI=1S/C21H24N8O/c1-28(8-9-29-10-12-30-13-11-29)21-17-3-2-16(14-15(17)4-5-24-21)25-20-18-19(26-27-20)23-7-6-22-18/h2-7,14H,8-13H2,1H3,(H2,23,25,26,27). The van der Waals surface area contributed by atoms with Gasteiger partial charge in [-0.3, -0.25) is 10.00 Å². The third-order valence-corrected chi connectivity index (χ3v) is 5.42. The maximum absolute atomic E-state index is 5.43. The van der Waals surface area contributed by atoms with E-state index in [2.05, 4.69) is 59.4 Å². The van der Waals surface area contributed by atoms with Crippen molar-refractivity contribution in [3.63, 3.8) is 0 Å². The van der Waals surface area contributed by atoms with Crippen LogP contribution < -0.4 is 10.2 Å². The lowest BCUT2D eigenvalue weighted by atomic mass is 10.1. The summed E-state index contributed by atoms with van der Waals surface area (Å²) in [6.07, 6.45) is 5.16. The van der Waals surface area contributed by atoms with Gasteiger partial charge in [0.05, 0.1) is 13.2 Å². The molecular weight excluding hydrogens is 380 g/mol. The number of likely N-dealkylation sites (N-methyl/N-ethyl adjacent to an activating group) is 1. The van der Waals surface area contributed by atoms with Crippen molar-refractivity contribution in [2.24, 2.45) is 0 Å². The zero-order chi connectivity index (χ0) is 20.3. The Morgan fingerprint density at radius 1 is 1.10 bits per heavy atom. The number of ether oxygens (including phenoxy) is 1. The molecule has 0 atom stereocenters. The molecule has 4 aromatic rings. The first-order valence-corrected chi connectivity index (χ1v) is 10.1. The first kappa shape index (κ1) is 18.7. The van der Waals surface area contributed by atoms with E-state index in [9.17, 15) is 0 Å². The number of hydrogen-bond acceptors (Lipinski definition) is 8. The summed E-state index contributed by atoms with van der Waals surface area (Å²) < 4.78 is 5.43. The summed E-state index contributed by atoms with van der Waals surface area (Å²) in [5, 5.41) is 12.8. The highest BCUT2D eigenvalue weighted by atomic mass is 16.5. The second-order valence-corrected chi connectivity index (χ2v) is 7.40. The van der Waals surface area contributed by atoms with Gasteiger partial charge in [0, 0.05) is 62.9 Å². The highest BCUT2D eigenvalue weighted by Crippen LogP contribution is 2.28. The van der Waals surface area contributed by atoms with Crippen LogP contribution in [0, 0.1) is 0 Å². The van der Waals surface area contributed by atoms with E-state index in [1.54, 1.807) is 12.4 Å². The lowest BCUT2D eigenvalue weighted by Crippen LogP contribution is -2.40. The molecule has 0 spiro atoms. The summed E-state index contributed by atoms with van der Waals surface area (Å²) in [5.74, 6) is 1.72. The number of aromatic nitrogens is 5. The quantitative estimate of drug-likeness (QED) is 0.506. The Balaban J connectivity index is 1.35. The molecule has 2 N–H and O–H groups in total. The molecule has 1 fully saturated rings. The Bertz CT molecular complexity index is 1150. The fourth-order valence-corrected chi connectivity index (χ4v) is 3.75. The van der Waals surface area contributed by atoms with E-state index < -0.39 is 0 Å². The van der Waals surface area contributed by atoms with Crippen molar-refractivity contribution in [2.75, 3.05) is 56.7 Å². The van der Waals surface area contributed by atoms with E-state index in [1.165, 1.54) is 0 Å². The fraction of sp³-hybridized carbons (Fsp3) is 0.333. The summed E-state index contributed by atoms with van der Waals surface area (Å²) in [6.45, 7) is 5.57. The van der Waals surface area contributed by atoms with E-state index in [0.717, 1.165) is 73.0 Å². The molecule has 1 saturated heterocycles. The number of pyridine rings is 1. The van der Waals surface area contributed by atoms with Crippen LogP contribution in [0.3, 0.4) is 0 Å². The van der Waals surface area contributed by atoms with Gasteiger partial charge in [0.25, 0.3) is 0 Å². The van der Waals surface area contributed by atoms with Crippen molar-refractivity contribution in [1.29, 1.82) is 0 Å². The molecule has 3 aromatic heterocycles. The monoisotopic (exact) mass is 404 g/mol. The Morgan fingerprint density at radius 2 is 1.97 bits per heavy atom. The Kier molecular flexibility index (Phi) is 5.12. The maximum Gasteiger partial charge on any atom is 0.201 e. The SMILES string of the molecule is CN(CCN1CCOCC1)c1nccc2cc(Nc3[nH]nc4nccnc34)ccc12. The molecule has 0 radical (unpaired) electrons. The van der Waals surface area contributed by atoms with Crippen LogP contribution in [-0.4, -0.2) is 76.5 Å². The number of anilines is 3. The van der Waals surface area contributed by atoms with Gasteiger partial charge in [-0.1, -0.05) is 0 Å². The van der Waals surface area contributed by atoms with E-state index >= 15 is 0 Å². The van der Waals surface area contributed by atoms with Crippen molar-refractivity contribution >= 4 is 39.3 Å². The predicted octanol–water partition coefficient (Wildman–Crippen LogP) is 2.41. The van der Waals surface area contributed by atoms with Gasteiger partial charge in [0.15, 0.2) is 11.3 Å². The van der Waals surface area contributed by atoms with E-state index in [4.69, 9.17) is 4.74 Å². The zero-order valence-electron chi connectivity index (χ0n) is 16.9. The number of aromatic amines is 1. The molecule has 0 bridgehead atoms. The number of fused-ring (bicyclic) bond motifs is 2. The molecule has 1 aromatic carbocycles. The zero-order valence-corrected chi connectivity index (χ0v) is 16.9. The van der Waals surface area contributed by atoms with Crippen LogP contribution in [0.4, 0.5) is 17.3 Å². The molecule has 30 heavy (non-hydrogen) atoms.